The molecule has 1 fully saturated rings. The summed E-state index contributed by atoms with van der Waals surface area (Å²) in [6.45, 7) is 2.99. The SMILES string of the molecule is COc1ccc(-c2cnc3[nH]cc(CC(=O)N4CCN(c5ccccn5)CC4)c3c2)cc1. The summed E-state index contributed by atoms with van der Waals surface area (Å²) in [5.74, 6) is 1.92. The third-order valence-electron chi connectivity index (χ3n) is 5.99. The van der Waals surface area contributed by atoms with Crippen LogP contribution in [0.1, 0.15) is 5.56 Å². The molecule has 1 aliphatic rings. The Labute approximate surface area is 186 Å². The number of carbonyl (C=O) groups is 1. The molecule has 0 bridgehead atoms. The van der Waals surface area contributed by atoms with E-state index >= 15 is 0 Å². The lowest BCUT2D eigenvalue weighted by Gasteiger charge is -2.35. The average Bonchev–Trinajstić information content (AvgIpc) is 3.26. The summed E-state index contributed by atoms with van der Waals surface area (Å²) in [6, 6.07) is 15.9. The number of nitrogens with one attached hydrogen (secondary N) is 1. The molecule has 1 saturated heterocycles. The first kappa shape index (κ1) is 20.1. The van der Waals surface area contributed by atoms with Gasteiger partial charge in [0.2, 0.25) is 5.91 Å². The predicted molar refractivity (Wildman–Crippen MR) is 125 cm³/mol. The summed E-state index contributed by atoms with van der Waals surface area (Å²) in [5, 5.41) is 0.985. The molecule has 162 valence electrons. The van der Waals surface area contributed by atoms with Crippen molar-refractivity contribution >= 4 is 22.8 Å². The Morgan fingerprint density at radius 1 is 1.03 bits per heavy atom. The third-order valence-corrected chi connectivity index (χ3v) is 5.99. The van der Waals surface area contributed by atoms with E-state index in [9.17, 15) is 4.79 Å². The Balaban J connectivity index is 1.29. The normalized spacial score (nSPS) is 14.0. The quantitative estimate of drug-likeness (QED) is 0.528. The maximum atomic E-state index is 13.0. The molecule has 3 aromatic heterocycles. The summed E-state index contributed by atoms with van der Waals surface area (Å²) < 4.78 is 5.25. The van der Waals surface area contributed by atoms with Crippen molar-refractivity contribution in [1.29, 1.82) is 0 Å². The maximum Gasteiger partial charge on any atom is 0.227 e. The van der Waals surface area contributed by atoms with Crippen molar-refractivity contribution in [3.8, 4) is 16.9 Å². The van der Waals surface area contributed by atoms with E-state index in [4.69, 9.17) is 4.74 Å². The Bertz CT molecular complexity index is 1210. The highest BCUT2D eigenvalue weighted by Crippen LogP contribution is 2.27. The number of rotatable bonds is 5. The number of benzene rings is 1. The number of piperazine rings is 1. The van der Waals surface area contributed by atoms with Crippen LogP contribution in [0.4, 0.5) is 5.82 Å². The van der Waals surface area contributed by atoms with Gasteiger partial charge in [0.25, 0.3) is 0 Å². The zero-order valence-corrected chi connectivity index (χ0v) is 18.0. The Hall–Kier alpha value is -3.87. The van der Waals surface area contributed by atoms with Crippen LogP contribution in [0.25, 0.3) is 22.2 Å². The molecule has 0 unspecified atom stereocenters. The molecule has 7 heteroatoms. The van der Waals surface area contributed by atoms with Crippen molar-refractivity contribution in [2.45, 2.75) is 6.42 Å². The predicted octanol–water partition coefficient (Wildman–Crippen LogP) is 3.52. The zero-order chi connectivity index (χ0) is 21.9. The van der Waals surface area contributed by atoms with Gasteiger partial charge in [0.05, 0.1) is 13.5 Å². The molecule has 1 aromatic carbocycles. The van der Waals surface area contributed by atoms with Crippen molar-refractivity contribution in [3.63, 3.8) is 0 Å². The number of aromatic amines is 1. The first-order valence-corrected chi connectivity index (χ1v) is 10.8. The summed E-state index contributed by atoms with van der Waals surface area (Å²) in [6.07, 6.45) is 5.91. The van der Waals surface area contributed by atoms with E-state index < -0.39 is 0 Å². The number of carbonyl (C=O) groups excluding carboxylic acids is 1. The molecular formula is C25H25N5O2. The van der Waals surface area contributed by atoms with Crippen molar-refractivity contribution in [2.24, 2.45) is 0 Å². The number of hydrogen-bond donors (Lipinski definition) is 1. The number of anilines is 1. The fourth-order valence-electron chi connectivity index (χ4n) is 4.15. The molecule has 4 aromatic rings. The van der Waals surface area contributed by atoms with Gasteiger partial charge in [-0.3, -0.25) is 4.79 Å². The highest BCUT2D eigenvalue weighted by atomic mass is 16.5. The smallest absolute Gasteiger partial charge is 0.227 e. The molecular weight excluding hydrogens is 402 g/mol. The summed E-state index contributed by atoms with van der Waals surface area (Å²) in [4.78, 5) is 29.4. The van der Waals surface area contributed by atoms with Crippen LogP contribution in [-0.4, -0.2) is 59.0 Å². The van der Waals surface area contributed by atoms with Gasteiger partial charge in [0.15, 0.2) is 0 Å². The lowest BCUT2D eigenvalue weighted by atomic mass is 10.0. The number of H-pyrrole nitrogens is 1. The van der Waals surface area contributed by atoms with E-state index in [1.807, 2.05) is 59.8 Å². The molecule has 32 heavy (non-hydrogen) atoms. The van der Waals surface area contributed by atoms with Crippen LogP contribution in [0.5, 0.6) is 5.75 Å². The van der Waals surface area contributed by atoms with Gasteiger partial charge in [-0.25, -0.2) is 9.97 Å². The number of methoxy groups -OCH3 is 1. The number of hydrogen-bond acceptors (Lipinski definition) is 5. The third kappa shape index (κ3) is 4.01. The second kappa shape index (κ2) is 8.70. The van der Waals surface area contributed by atoms with Crippen LogP contribution >= 0.6 is 0 Å². The standard InChI is InChI=1S/C25H25N5O2/c1-32-21-7-5-18(6-8-21)19-14-22-20(17-28-25(22)27-16-19)15-24(31)30-12-10-29(11-13-30)23-4-2-3-9-26-23/h2-9,14,16-17H,10-13,15H2,1H3,(H,27,28). The number of ether oxygens (including phenoxy) is 1. The van der Waals surface area contributed by atoms with E-state index in [2.05, 4.69) is 25.9 Å². The summed E-state index contributed by atoms with van der Waals surface area (Å²) >= 11 is 0. The minimum atomic E-state index is 0.140. The maximum absolute atomic E-state index is 13.0. The van der Waals surface area contributed by atoms with E-state index in [-0.39, 0.29) is 5.91 Å². The fraction of sp³-hybridized carbons (Fsp3) is 0.240. The number of aromatic nitrogens is 3. The molecule has 0 spiro atoms. The van der Waals surface area contributed by atoms with Gasteiger partial charge in [-0.2, -0.15) is 0 Å². The van der Waals surface area contributed by atoms with Crippen molar-refractivity contribution in [2.75, 3.05) is 38.2 Å². The van der Waals surface area contributed by atoms with Crippen molar-refractivity contribution < 1.29 is 9.53 Å². The van der Waals surface area contributed by atoms with Crippen LogP contribution < -0.4 is 9.64 Å². The molecule has 0 radical (unpaired) electrons. The first-order chi connectivity index (χ1) is 15.7. The number of amides is 1. The molecule has 1 N–H and O–H groups in total. The number of pyridine rings is 2. The summed E-state index contributed by atoms with van der Waals surface area (Å²) in [7, 11) is 1.66. The van der Waals surface area contributed by atoms with Crippen LogP contribution in [0.3, 0.4) is 0 Å². The molecule has 0 atom stereocenters. The lowest BCUT2D eigenvalue weighted by Crippen LogP contribution is -2.49. The van der Waals surface area contributed by atoms with Crippen molar-refractivity contribution in [1.82, 2.24) is 19.9 Å². The van der Waals surface area contributed by atoms with Gasteiger partial charge < -0.3 is 19.5 Å². The van der Waals surface area contributed by atoms with Gasteiger partial charge in [-0.15, -0.1) is 0 Å². The second-order valence-electron chi connectivity index (χ2n) is 7.90. The van der Waals surface area contributed by atoms with E-state index in [0.29, 0.717) is 19.5 Å². The van der Waals surface area contributed by atoms with Gasteiger partial charge >= 0.3 is 0 Å². The van der Waals surface area contributed by atoms with Crippen LogP contribution in [0, 0.1) is 0 Å². The minimum absolute atomic E-state index is 0.140. The second-order valence-corrected chi connectivity index (χ2v) is 7.90. The van der Waals surface area contributed by atoms with Crippen molar-refractivity contribution in [3.05, 3.63) is 72.7 Å². The topological polar surface area (TPSA) is 74.3 Å². The Kier molecular flexibility index (Phi) is 5.46. The van der Waals surface area contributed by atoms with E-state index in [1.54, 1.807) is 13.3 Å². The van der Waals surface area contributed by atoms with Gasteiger partial charge in [0.1, 0.15) is 17.2 Å². The Morgan fingerprint density at radius 3 is 2.56 bits per heavy atom. The highest BCUT2D eigenvalue weighted by molar-refractivity contribution is 5.89. The Morgan fingerprint density at radius 2 is 1.84 bits per heavy atom. The molecule has 4 heterocycles. The van der Waals surface area contributed by atoms with Crippen LogP contribution in [0.2, 0.25) is 0 Å². The van der Waals surface area contributed by atoms with E-state index in [0.717, 1.165) is 52.4 Å². The van der Waals surface area contributed by atoms with Gasteiger partial charge in [-0.1, -0.05) is 18.2 Å². The van der Waals surface area contributed by atoms with E-state index in [1.165, 1.54) is 0 Å². The summed E-state index contributed by atoms with van der Waals surface area (Å²) in [5.41, 5.74) is 3.84. The molecule has 5 rings (SSSR count). The molecule has 1 amide bonds. The monoisotopic (exact) mass is 427 g/mol. The van der Waals surface area contributed by atoms with Crippen LogP contribution in [-0.2, 0) is 11.2 Å². The zero-order valence-electron chi connectivity index (χ0n) is 18.0. The van der Waals surface area contributed by atoms with Gasteiger partial charge in [-0.05, 0) is 41.5 Å². The lowest BCUT2D eigenvalue weighted by molar-refractivity contribution is -0.130. The number of fused-ring (bicyclic) bond motifs is 1. The molecule has 0 aliphatic carbocycles. The van der Waals surface area contributed by atoms with Crippen LogP contribution in [0.15, 0.2) is 67.1 Å². The number of nitrogens with zero attached hydrogens (tertiary/aromatic N) is 4. The molecule has 1 aliphatic heterocycles. The average molecular weight is 428 g/mol. The van der Waals surface area contributed by atoms with Gasteiger partial charge in [0, 0.05) is 55.7 Å². The fourth-order valence-corrected chi connectivity index (χ4v) is 4.15. The first-order valence-electron chi connectivity index (χ1n) is 10.8. The molecule has 0 saturated carbocycles. The molecule has 7 nitrogen and oxygen atoms in total. The minimum Gasteiger partial charge on any atom is -0.497 e. The highest BCUT2D eigenvalue weighted by Gasteiger charge is 2.22. The largest absolute Gasteiger partial charge is 0.497 e.